The molecule has 0 aromatic rings. The van der Waals surface area contributed by atoms with E-state index in [2.05, 4.69) is 26.8 Å². The van der Waals surface area contributed by atoms with E-state index in [1.165, 1.54) is 13.8 Å². The predicted octanol–water partition coefficient (Wildman–Crippen LogP) is -6.68. The Morgan fingerprint density at radius 3 is 1.46 bits per heavy atom. The van der Waals surface area contributed by atoms with Gasteiger partial charge in [-0.3, -0.25) is 0 Å². The third-order valence-electron chi connectivity index (χ3n) is 22.5. The highest BCUT2D eigenvalue weighted by Gasteiger charge is 2.71. The van der Waals surface area contributed by atoms with Crippen LogP contribution in [0.3, 0.4) is 0 Å². The maximum absolute atomic E-state index is 12.9. The molecular formula is C59H100O30. The summed E-state index contributed by atoms with van der Waals surface area (Å²) in [5.41, 5.74) is -3.97. The Balaban J connectivity index is 0.886. The fourth-order valence-electron chi connectivity index (χ4n) is 16.7. The summed E-state index contributed by atoms with van der Waals surface area (Å²) in [5, 5.41) is 217. The number of rotatable bonds is 20. The van der Waals surface area contributed by atoms with Gasteiger partial charge in [-0.05, 0) is 101 Å². The lowest BCUT2D eigenvalue weighted by Crippen LogP contribution is -2.66. The molecule has 0 amide bonds. The summed E-state index contributed by atoms with van der Waals surface area (Å²) in [6.45, 7) is 9.48. The predicted molar refractivity (Wildman–Crippen MR) is 297 cm³/mol. The van der Waals surface area contributed by atoms with Gasteiger partial charge in [0.1, 0.15) is 122 Å². The second kappa shape index (κ2) is 27.6. The van der Waals surface area contributed by atoms with E-state index in [4.69, 9.17) is 47.4 Å². The molecule has 0 radical (unpaired) electrons. The smallest absolute Gasteiger partial charge is 0.187 e. The van der Waals surface area contributed by atoms with E-state index in [9.17, 15) is 102 Å². The van der Waals surface area contributed by atoms with Gasteiger partial charge >= 0.3 is 0 Å². The van der Waals surface area contributed by atoms with Crippen LogP contribution in [0.5, 0.6) is 0 Å². The molecule has 0 aromatic heterocycles. The topological polar surface area (TPSA) is 497 Å². The molecule has 8 fully saturated rings. The highest BCUT2D eigenvalue weighted by Crippen LogP contribution is 2.75. The zero-order valence-corrected chi connectivity index (χ0v) is 51.3. The van der Waals surface area contributed by atoms with Gasteiger partial charge < -0.3 is 149 Å². The zero-order valence-electron chi connectivity index (χ0n) is 51.3. The lowest BCUT2D eigenvalue weighted by Gasteiger charge is -2.67. The summed E-state index contributed by atoms with van der Waals surface area (Å²) in [7, 11) is 0. The third-order valence-corrected chi connectivity index (χ3v) is 22.5. The number of ether oxygens (including phenoxy) is 10. The van der Waals surface area contributed by atoms with Gasteiger partial charge in [-0.15, -0.1) is 0 Å². The molecule has 9 aliphatic rings. The number of fused-ring (bicyclic) bond motifs is 5. The van der Waals surface area contributed by atoms with E-state index >= 15 is 0 Å². The number of hydrogen-bond donors (Lipinski definition) is 20. The zero-order chi connectivity index (χ0) is 65.5. The molecule has 5 heterocycles. The molecule has 89 heavy (non-hydrogen) atoms. The lowest BCUT2D eigenvalue weighted by atomic mass is 9.38. The van der Waals surface area contributed by atoms with Crippen LogP contribution in [0, 0.1) is 39.9 Å². The standard InChI is InChI=1S/C59H100O30/c1-22-23-8-11-32-56(4)14-12-31(57(56,5)16-33(63)59(32,7)24(23)9-10-25(22)82-52-47(76)43(72)38(67)29(86-52)20-80-50-45(74)40(69)35(64)26(17-60)83-50)58(6,79)15-13-34(55(2,3)78)88-54-49(89-53-48(77)42(71)37(66)28(19-62)85-53)44(73)39(68)30(87-54)21-81-51-46(75)41(70)36(65)27(18-61)84-51/h8,22,24-54,60-79H,9-21H2,1-7H3/t22-,24-,25+,26-,27-,28-,29-,30-,31+,32+,33-,34-,35-,36-,37-,38-,39-,40+,41+,42+,43+,44+,45-,46-,47-,48-,49-,50-,51-,52-,53+,54+,56+,57-,58+,59+/m1/s1. The number of hydrogen-bond acceptors (Lipinski definition) is 30. The average Bonchev–Trinajstić information content (AvgIpc) is 1.65. The summed E-state index contributed by atoms with van der Waals surface area (Å²) < 4.78 is 58.9. The van der Waals surface area contributed by atoms with Crippen molar-refractivity contribution in [2.75, 3.05) is 33.0 Å². The van der Waals surface area contributed by atoms with E-state index in [-0.39, 0.29) is 30.6 Å². The summed E-state index contributed by atoms with van der Waals surface area (Å²) >= 11 is 0. The largest absolute Gasteiger partial charge is 0.394 e. The molecule has 516 valence electrons. The molecule has 0 spiro atoms. The summed E-state index contributed by atoms with van der Waals surface area (Å²) in [4.78, 5) is 0. The molecule has 5 saturated heterocycles. The van der Waals surface area contributed by atoms with Gasteiger partial charge in [0.2, 0.25) is 0 Å². The van der Waals surface area contributed by atoms with Crippen LogP contribution in [0.1, 0.15) is 99.8 Å². The molecule has 5 aliphatic heterocycles. The molecule has 0 bridgehead atoms. The number of aliphatic hydroxyl groups excluding tert-OH is 18. The second-order valence-electron chi connectivity index (χ2n) is 28.2. The first kappa shape index (κ1) is 71.8. The molecule has 36 atom stereocenters. The highest BCUT2D eigenvalue weighted by atomic mass is 16.8. The second-order valence-corrected chi connectivity index (χ2v) is 28.2. The van der Waals surface area contributed by atoms with E-state index in [0.29, 0.717) is 38.5 Å². The van der Waals surface area contributed by atoms with Gasteiger partial charge in [-0.1, -0.05) is 39.3 Å². The van der Waals surface area contributed by atoms with Crippen molar-refractivity contribution in [2.45, 2.75) is 283 Å². The van der Waals surface area contributed by atoms with Crippen LogP contribution < -0.4 is 0 Å². The minimum Gasteiger partial charge on any atom is -0.394 e. The number of aliphatic hydroxyl groups is 20. The maximum Gasteiger partial charge on any atom is 0.187 e. The van der Waals surface area contributed by atoms with Crippen molar-refractivity contribution in [1.82, 2.24) is 0 Å². The van der Waals surface area contributed by atoms with Gasteiger partial charge in [0, 0.05) is 11.3 Å². The van der Waals surface area contributed by atoms with Crippen molar-refractivity contribution in [1.29, 1.82) is 0 Å². The summed E-state index contributed by atoms with van der Waals surface area (Å²) in [6, 6.07) is 0. The van der Waals surface area contributed by atoms with Crippen molar-refractivity contribution in [3.8, 4) is 0 Å². The molecule has 3 saturated carbocycles. The molecule has 0 aromatic carbocycles. The van der Waals surface area contributed by atoms with Crippen molar-refractivity contribution in [3.05, 3.63) is 11.6 Å². The minimum absolute atomic E-state index is 0.0111. The van der Waals surface area contributed by atoms with Gasteiger partial charge in [0.05, 0.1) is 62.5 Å². The first-order valence-electron chi connectivity index (χ1n) is 31.3. The van der Waals surface area contributed by atoms with Crippen molar-refractivity contribution >= 4 is 0 Å². The SMILES string of the molecule is C[C@@H]1C2=CC[C@@H]3[C@@](C)([C@H](O)C[C@]4(C)[C@@H]([C@@](C)(O)CC[C@@H](O[C@@H]5O[C@H](CO[C@@H]6O[C@H](CO)[C@@H](O)[C@H](O)[C@H]6O)[C@@H](O)[C@H](O)[C@H]5O[C@@H]5O[C@H](CO)[C@@H](O)[C@H](O)[C@H]5O)C(C)(C)O)CC[C@@]34C)[C@@H]2CC[C@@H]1O[C@@H]1O[C@H](CO[C@@H]2O[C@H](CO)[C@@H](O)[C@H](O)[C@H]2O)[C@@H](O)[C@H](O)[C@H]1O. The minimum atomic E-state index is -2.01. The van der Waals surface area contributed by atoms with E-state index in [1.54, 1.807) is 6.92 Å². The fourth-order valence-corrected chi connectivity index (χ4v) is 16.7. The van der Waals surface area contributed by atoms with E-state index in [1.807, 2.05) is 6.92 Å². The van der Waals surface area contributed by atoms with Gasteiger partial charge in [0.25, 0.3) is 0 Å². The van der Waals surface area contributed by atoms with Crippen molar-refractivity contribution in [2.24, 2.45) is 39.9 Å². The van der Waals surface area contributed by atoms with Crippen LogP contribution in [0.4, 0.5) is 0 Å². The normalized spacial score (nSPS) is 52.4. The molecular weight excluding hydrogens is 1190 g/mol. The quantitative estimate of drug-likeness (QED) is 0.0504. The molecule has 0 unspecified atom stereocenters. The first-order valence-corrected chi connectivity index (χ1v) is 31.3. The van der Waals surface area contributed by atoms with Crippen LogP contribution in [-0.2, 0) is 47.4 Å². The van der Waals surface area contributed by atoms with Gasteiger partial charge in [-0.25, -0.2) is 0 Å². The molecule has 9 rings (SSSR count). The Kier molecular flexibility index (Phi) is 22.3. The Hall–Kier alpha value is -1.46. The Morgan fingerprint density at radius 1 is 0.528 bits per heavy atom. The van der Waals surface area contributed by atoms with Gasteiger partial charge in [0.15, 0.2) is 31.5 Å². The van der Waals surface area contributed by atoms with Crippen LogP contribution in [0.25, 0.3) is 0 Å². The first-order chi connectivity index (χ1) is 41.6. The molecule has 30 nitrogen and oxygen atoms in total. The van der Waals surface area contributed by atoms with Crippen LogP contribution in [-0.4, -0.2) is 318 Å². The number of allylic oxidation sites excluding steroid dienone is 1. The fraction of sp³-hybridized carbons (Fsp3) is 0.966. The van der Waals surface area contributed by atoms with Crippen LogP contribution >= 0.6 is 0 Å². The van der Waals surface area contributed by atoms with Gasteiger partial charge in [-0.2, -0.15) is 0 Å². The Bertz CT molecular complexity index is 2350. The summed E-state index contributed by atoms with van der Waals surface area (Å²) in [6.07, 6.45) is -39.9. The third kappa shape index (κ3) is 13.2. The van der Waals surface area contributed by atoms with Crippen LogP contribution in [0.15, 0.2) is 11.6 Å². The van der Waals surface area contributed by atoms with E-state index < -0.39 is 238 Å². The summed E-state index contributed by atoms with van der Waals surface area (Å²) in [5.74, 6) is -0.894. The maximum atomic E-state index is 12.9. The average molecular weight is 1290 g/mol. The molecule has 20 N–H and O–H groups in total. The van der Waals surface area contributed by atoms with Crippen molar-refractivity contribution in [3.63, 3.8) is 0 Å². The van der Waals surface area contributed by atoms with Crippen LogP contribution in [0.2, 0.25) is 0 Å². The molecule has 4 aliphatic carbocycles. The highest BCUT2D eigenvalue weighted by molar-refractivity contribution is 5.29. The molecule has 30 heteroatoms. The lowest BCUT2D eigenvalue weighted by molar-refractivity contribution is -0.380. The van der Waals surface area contributed by atoms with E-state index in [0.717, 1.165) is 5.57 Å². The van der Waals surface area contributed by atoms with Crippen molar-refractivity contribution < 1.29 is 149 Å². The monoisotopic (exact) mass is 1290 g/mol. The Labute approximate surface area is 515 Å². The Morgan fingerprint density at radius 2 is 0.966 bits per heavy atom.